The molecule has 2 nitrogen and oxygen atoms in total. The predicted octanol–water partition coefficient (Wildman–Crippen LogP) is 5.05. The standard InChI is InChI=1S/C23H31ClN2/c24-22-12-10-20(11-13-22)7-3-2-6-16-26-17-14-23(19-25,15-18-26)21-8-4-1-5-9-21/h1,4-5,8-13H,2-3,6-7,14-19,25H2. The number of nitrogens with zero attached hydrogens (tertiary/aromatic N) is 1. The van der Waals surface area contributed by atoms with E-state index in [0.29, 0.717) is 0 Å². The van der Waals surface area contributed by atoms with E-state index in [9.17, 15) is 0 Å². The van der Waals surface area contributed by atoms with Crippen LogP contribution in [0, 0.1) is 0 Å². The van der Waals surface area contributed by atoms with Gasteiger partial charge < -0.3 is 10.6 Å². The Kier molecular flexibility index (Phi) is 7.13. The van der Waals surface area contributed by atoms with Gasteiger partial charge in [0.15, 0.2) is 0 Å². The summed E-state index contributed by atoms with van der Waals surface area (Å²) in [7, 11) is 0. The predicted molar refractivity (Wildman–Crippen MR) is 112 cm³/mol. The van der Waals surface area contributed by atoms with Crippen molar-refractivity contribution < 1.29 is 0 Å². The molecule has 26 heavy (non-hydrogen) atoms. The van der Waals surface area contributed by atoms with Crippen LogP contribution in [-0.2, 0) is 11.8 Å². The minimum Gasteiger partial charge on any atom is -0.330 e. The van der Waals surface area contributed by atoms with Gasteiger partial charge in [0.1, 0.15) is 0 Å². The van der Waals surface area contributed by atoms with E-state index >= 15 is 0 Å². The van der Waals surface area contributed by atoms with E-state index in [-0.39, 0.29) is 5.41 Å². The Morgan fingerprint density at radius 1 is 0.885 bits per heavy atom. The number of benzene rings is 2. The number of halogens is 1. The van der Waals surface area contributed by atoms with Crippen molar-refractivity contribution in [3.63, 3.8) is 0 Å². The lowest BCUT2D eigenvalue weighted by Gasteiger charge is -2.41. The van der Waals surface area contributed by atoms with Gasteiger partial charge in [-0.25, -0.2) is 0 Å². The molecule has 0 radical (unpaired) electrons. The van der Waals surface area contributed by atoms with Crippen molar-refractivity contribution in [1.82, 2.24) is 4.90 Å². The summed E-state index contributed by atoms with van der Waals surface area (Å²) in [5.41, 5.74) is 9.19. The Morgan fingerprint density at radius 2 is 1.58 bits per heavy atom. The highest BCUT2D eigenvalue weighted by Gasteiger charge is 2.34. The molecule has 0 aromatic heterocycles. The van der Waals surface area contributed by atoms with E-state index in [1.54, 1.807) is 0 Å². The van der Waals surface area contributed by atoms with Gasteiger partial charge >= 0.3 is 0 Å². The zero-order valence-electron chi connectivity index (χ0n) is 15.7. The lowest BCUT2D eigenvalue weighted by Crippen LogP contribution is -2.46. The minimum atomic E-state index is 0.187. The Morgan fingerprint density at radius 3 is 2.23 bits per heavy atom. The van der Waals surface area contributed by atoms with Crippen LogP contribution in [-0.4, -0.2) is 31.1 Å². The highest BCUT2D eigenvalue weighted by molar-refractivity contribution is 6.30. The largest absolute Gasteiger partial charge is 0.330 e. The number of nitrogens with two attached hydrogens (primary N) is 1. The maximum atomic E-state index is 6.19. The van der Waals surface area contributed by atoms with E-state index in [1.165, 1.54) is 62.9 Å². The van der Waals surface area contributed by atoms with Gasteiger partial charge in [-0.3, -0.25) is 0 Å². The molecule has 140 valence electrons. The van der Waals surface area contributed by atoms with Crippen LogP contribution in [0.15, 0.2) is 54.6 Å². The SMILES string of the molecule is NCC1(c2ccccc2)CCN(CCCCCc2ccc(Cl)cc2)CC1. The van der Waals surface area contributed by atoms with Gasteiger partial charge in [0.05, 0.1) is 0 Å². The molecule has 1 saturated heterocycles. The third kappa shape index (κ3) is 5.09. The monoisotopic (exact) mass is 370 g/mol. The van der Waals surface area contributed by atoms with Gasteiger partial charge in [-0.05, 0) is 75.0 Å². The van der Waals surface area contributed by atoms with Gasteiger partial charge in [-0.1, -0.05) is 60.5 Å². The molecule has 0 saturated carbocycles. The van der Waals surface area contributed by atoms with Crippen LogP contribution in [0.25, 0.3) is 0 Å². The first kappa shape index (κ1) is 19.4. The van der Waals surface area contributed by atoms with E-state index in [4.69, 9.17) is 17.3 Å². The summed E-state index contributed by atoms with van der Waals surface area (Å²) in [6.07, 6.45) is 7.35. The van der Waals surface area contributed by atoms with Crippen molar-refractivity contribution in [2.45, 2.75) is 43.9 Å². The fourth-order valence-corrected chi connectivity index (χ4v) is 4.23. The summed E-state index contributed by atoms with van der Waals surface area (Å²) >= 11 is 5.94. The Bertz CT molecular complexity index is 646. The number of hydrogen-bond donors (Lipinski definition) is 1. The Labute approximate surface area is 163 Å². The molecular formula is C23H31ClN2. The minimum absolute atomic E-state index is 0.187. The van der Waals surface area contributed by atoms with Crippen LogP contribution < -0.4 is 5.73 Å². The van der Waals surface area contributed by atoms with E-state index in [1.807, 2.05) is 12.1 Å². The Hall–Kier alpha value is -1.35. The van der Waals surface area contributed by atoms with Crippen LogP contribution in [0.3, 0.4) is 0 Å². The summed E-state index contributed by atoms with van der Waals surface area (Å²) in [6.45, 7) is 4.31. The molecule has 0 unspecified atom stereocenters. The number of likely N-dealkylation sites (tertiary alicyclic amines) is 1. The molecule has 0 amide bonds. The molecule has 0 spiro atoms. The van der Waals surface area contributed by atoms with Crippen molar-refractivity contribution >= 4 is 11.6 Å². The lowest BCUT2D eigenvalue weighted by molar-refractivity contribution is 0.160. The van der Waals surface area contributed by atoms with Crippen LogP contribution >= 0.6 is 11.6 Å². The second-order valence-electron chi connectivity index (χ2n) is 7.63. The van der Waals surface area contributed by atoms with Gasteiger partial charge in [0.25, 0.3) is 0 Å². The van der Waals surface area contributed by atoms with E-state index < -0.39 is 0 Å². The topological polar surface area (TPSA) is 29.3 Å². The fraction of sp³-hybridized carbons (Fsp3) is 0.478. The van der Waals surface area contributed by atoms with E-state index in [2.05, 4.69) is 47.4 Å². The molecule has 1 aliphatic rings. The average molecular weight is 371 g/mol. The zero-order chi connectivity index (χ0) is 18.2. The maximum Gasteiger partial charge on any atom is 0.0406 e. The molecule has 1 aliphatic heterocycles. The average Bonchev–Trinajstić information content (AvgIpc) is 2.70. The smallest absolute Gasteiger partial charge is 0.0406 e. The first-order valence-electron chi connectivity index (χ1n) is 9.94. The van der Waals surface area contributed by atoms with Crippen LogP contribution in [0.4, 0.5) is 0 Å². The van der Waals surface area contributed by atoms with Gasteiger partial charge in [0, 0.05) is 17.0 Å². The quantitative estimate of drug-likeness (QED) is 0.659. The summed E-state index contributed by atoms with van der Waals surface area (Å²) < 4.78 is 0. The molecule has 3 rings (SSSR count). The molecule has 2 aromatic rings. The first-order valence-corrected chi connectivity index (χ1v) is 10.3. The number of unbranched alkanes of at least 4 members (excludes halogenated alkanes) is 2. The number of aryl methyl sites for hydroxylation is 1. The molecule has 0 aliphatic carbocycles. The van der Waals surface area contributed by atoms with Crippen LogP contribution in [0.5, 0.6) is 0 Å². The van der Waals surface area contributed by atoms with Crippen molar-refractivity contribution in [2.75, 3.05) is 26.2 Å². The zero-order valence-corrected chi connectivity index (χ0v) is 16.4. The maximum absolute atomic E-state index is 6.19. The molecule has 0 bridgehead atoms. The molecule has 1 heterocycles. The number of hydrogen-bond acceptors (Lipinski definition) is 2. The second kappa shape index (κ2) is 9.55. The van der Waals surface area contributed by atoms with Gasteiger partial charge in [-0.2, -0.15) is 0 Å². The van der Waals surface area contributed by atoms with Crippen molar-refractivity contribution in [3.05, 3.63) is 70.7 Å². The second-order valence-corrected chi connectivity index (χ2v) is 8.07. The molecule has 1 fully saturated rings. The van der Waals surface area contributed by atoms with Crippen LogP contribution in [0.1, 0.15) is 43.2 Å². The highest BCUT2D eigenvalue weighted by atomic mass is 35.5. The fourth-order valence-electron chi connectivity index (χ4n) is 4.10. The van der Waals surface area contributed by atoms with Gasteiger partial charge in [-0.15, -0.1) is 0 Å². The normalized spacial score (nSPS) is 17.3. The summed E-state index contributed by atoms with van der Waals surface area (Å²) in [5, 5.41) is 0.822. The first-order chi connectivity index (χ1) is 12.7. The summed E-state index contributed by atoms with van der Waals surface area (Å²) in [5.74, 6) is 0. The third-order valence-electron chi connectivity index (χ3n) is 5.94. The van der Waals surface area contributed by atoms with Crippen molar-refractivity contribution in [1.29, 1.82) is 0 Å². The molecular weight excluding hydrogens is 340 g/mol. The van der Waals surface area contributed by atoms with E-state index in [0.717, 1.165) is 18.0 Å². The molecule has 3 heteroatoms. The molecule has 2 aromatic carbocycles. The Balaban J connectivity index is 1.37. The molecule has 2 N–H and O–H groups in total. The van der Waals surface area contributed by atoms with Crippen molar-refractivity contribution in [2.24, 2.45) is 5.73 Å². The summed E-state index contributed by atoms with van der Waals surface area (Å²) in [4.78, 5) is 2.62. The summed E-state index contributed by atoms with van der Waals surface area (Å²) in [6, 6.07) is 19.1. The highest BCUT2D eigenvalue weighted by Crippen LogP contribution is 2.34. The third-order valence-corrected chi connectivity index (χ3v) is 6.20. The van der Waals surface area contributed by atoms with Gasteiger partial charge in [0.2, 0.25) is 0 Å². The number of piperidine rings is 1. The number of rotatable bonds is 8. The van der Waals surface area contributed by atoms with Crippen LogP contribution in [0.2, 0.25) is 5.02 Å². The lowest BCUT2D eigenvalue weighted by atomic mass is 9.73. The van der Waals surface area contributed by atoms with Crippen molar-refractivity contribution in [3.8, 4) is 0 Å². The molecule has 0 atom stereocenters.